The molecular formula is C21H26ClIN4O2. The average molecular weight is 529 g/mol. The maximum atomic E-state index is 12.7. The summed E-state index contributed by atoms with van der Waals surface area (Å²) in [5, 5.41) is 7.18. The SMILES string of the molecule is CN=C(NCCc1ccccc1Cl)NCCN1C(=O)C2C3C=CC(C3)C2C1=O.I. The zero-order valence-electron chi connectivity index (χ0n) is 16.3. The maximum Gasteiger partial charge on any atom is 0.233 e. The van der Waals surface area contributed by atoms with Crippen molar-refractivity contribution in [3.8, 4) is 0 Å². The lowest BCUT2D eigenvalue weighted by Crippen LogP contribution is -2.44. The van der Waals surface area contributed by atoms with Crippen molar-refractivity contribution in [3.05, 3.63) is 47.0 Å². The number of carbonyl (C=O) groups is 2. The van der Waals surface area contributed by atoms with E-state index in [1.54, 1.807) is 7.05 Å². The van der Waals surface area contributed by atoms with Crippen LogP contribution in [0.3, 0.4) is 0 Å². The molecule has 1 saturated heterocycles. The van der Waals surface area contributed by atoms with Gasteiger partial charge in [-0.15, -0.1) is 24.0 Å². The summed E-state index contributed by atoms with van der Waals surface area (Å²) in [5.41, 5.74) is 1.08. The van der Waals surface area contributed by atoms with Gasteiger partial charge in [0.05, 0.1) is 11.8 Å². The van der Waals surface area contributed by atoms with Crippen LogP contribution >= 0.6 is 35.6 Å². The Morgan fingerprint density at radius 2 is 1.72 bits per heavy atom. The van der Waals surface area contributed by atoms with Crippen LogP contribution in [0.1, 0.15) is 12.0 Å². The van der Waals surface area contributed by atoms with Crippen LogP contribution in [-0.4, -0.2) is 49.4 Å². The Kier molecular flexibility index (Phi) is 7.21. The first-order chi connectivity index (χ1) is 13.6. The highest BCUT2D eigenvalue weighted by Crippen LogP contribution is 2.52. The third-order valence-corrected chi connectivity index (χ3v) is 6.43. The molecule has 156 valence electrons. The first kappa shape index (κ1) is 22.1. The van der Waals surface area contributed by atoms with Crippen LogP contribution < -0.4 is 10.6 Å². The number of nitrogens with zero attached hydrogens (tertiary/aromatic N) is 2. The summed E-state index contributed by atoms with van der Waals surface area (Å²) >= 11 is 6.17. The lowest BCUT2D eigenvalue weighted by molar-refractivity contribution is -0.140. The summed E-state index contributed by atoms with van der Waals surface area (Å²) in [6.45, 7) is 1.53. The Balaban J connectivity index is 0.00000240. The van der Waals surface area contributed by atoms with Gasteiger partial charge in [-0.2, -0.15) is 0 Å². The number of benzene rings is 1. The van der Waals surface area contributed by atoms with Crippen molar-refractivity contribution in [3.63, 3.8) is 0 Å². The van der Waals surface area contributed by atoms with E-state index >= 15 is 0 Å². The van der Waals surface area contributed by atoms with Gasteiger partial charge in [0, 0.05) is 31.7 Å². The number of rotatable bonds is 6. The van der Waals surface area contributed by atoms with Crippen molar-refractivity contribution in [2.24, 2.45) is 28.7 Å². The van der Waals surface area contributed by atoms with E-state index in [0.29, 0.717) is 25.6 Å². The average Bonchev–Trinajstić information content (AvgIpc) is 3.37. The molecule has 2 amide bonds. The van der Waals surface area contributed by atoms with Crippen molar-refractivity contribution in [1.82, 2.24) is 15.5 Å². The molecule has 6 nitrogen and oxygen atoms in total. The molecule has 1 heterocycles. The molecule has 0 radical (unpaired) electrons. The summed E-state index contributed by atoms with van der Waals surface area (Å²) in [4.78, 5) is 31.0. The predicted molar refractivity (Wildman–Crippen MR) is 124 cm³/mol. The predicted octanol–water partition coefficient (Wildman–Crippen LogP) is 2.47. The van der Waals surface area contributed by atoms with Gasteiger partial charge in [0.15, 0.2) is 5.96 Å². The molecule has 1 aliphatic heterocycles. The minimum absolute atomic E-state index is 0. The Labute approximate surface area is 193 Å². The van der Waals surface area contributed by atoms with E-state index in [4.69, 9.17) is 11.6 Å². The third-order valence-electron chi connectivity index (χ3n) is 6.06. The van der Waals surface area contributed by atoms with E-state index in [2.05, 4.69) is 27.8 Å². The molecule has 1 aromatic carbocycles. The Bertz CT molecular complexity index is 814. The highest BCUT2D eigenvalue weighted by Gasteiger charge is 2.58. The monoisotopic (exact) mass is 528 g/mol. The number of guanidine groups is 1. The number of aliphatic imine (C=N–C) groups is 1. The number of nitrogens with one attached hydrogen (secondary N) is 2. The van der Waals surface area contributed by atoms with Gasteiger partial charge >= 0.3 is 0 Å². The van der Waals surface area contributed by atoms with E-state index in [9.17, 15) is 9.59 Å². The molecule has 2 aliphatic carbocycles. The number of imide groups is 1. The van der Waals surface area contributed by atoms with E-state index in [1.807, 2.05) is 24.3 Å². The molecule has 8 heteroatoms. The second kappa shape index (κ2) is 9.47. The molecule has 4 atom stereocenters. The second-order valence-corrected chi connectivity index (χ2v) is 8.00. The molecule has 4 rings (SSSR count). The van der Waals surface area contributed by atoms with Crippen molar-refractivity contribution < 1.29 is 9.59 Å². The van der Waals surface area contributed by atoms with Crippen LogP contribution in [0.5, 0.6) is 0 Å². The number of allylic oxidation sites excluding steroid dienone is 2. The maximum absolute atomic E-state index is 12.7. The fourth-order valence-electron chi connectivity index (χ4n) is 4.71. The normalized spacial score (nSPS) is 27.2. The van der Waals surface area contributed by atoms with Crippen molar-refractivity contribution in [2.75, 3.05) is 26.7 Å². The van der Waals surface area contributed by atoms with Gasteiger partial charge in [0.2, 0.25) is 11.8 Å². The quantitative estimate of drug-likeness (QED) is 0.196. The Hall–Kier alpha value is -1.61. The molecule has 3 aliphatic rings. The van der Waals surface area contributed by atoms with Crippen LogP contribution in [0.4, 0.5) is 0 Å². The van der Waals surface area contributed by atoms with Gasteiger partial charge in [-0.05, 0) is 36.3 Å². The molecule has 2 fully saturated rings. The molecule has 1 aromatic rings. The van der Waals surface area contributed by atoms with Gasteiger partial charge in [-0.3, -0.25) is 19.5 Å². The topological polar surface area (TPSA) is 73.8 Å². The fourth-order valence-corrected chi connectivity index (χ4v) is 4.94. The van der Waals surface area contributed by atoms with Crippen LogP contribution in [-0.2, 0) is 16.0 Å². The summed E-state index contributed by atoms with van der Waals surface area (Å²) < 4.78 is 0. The van der Waals surface area contributed by atoms with E-state index in [1.165, 1.54) is 4.90 Å². The summed E-state index contributed by atoms with van der Waals surface area (Å²) in [6.07, 6.45) is 5.97. The first-order valence-corrected chi connectivity index (χ1v) is 10.2. The van der Waals surface area contributed by atoms with E-state index in [-0.39, 0.29) is 59.5 Å². The van der Waals surface area contributed by atoms with Gasteiger partial charge in [0.1, 0.15) is 0 Å². The molecule has 2 bridgehead atoms. The zero-order valence-corrected chi connectivity index (χ0v) is 19.4. The standard InChI is InChI=1S/C21H25ClN4O2.HI/c1-23-21(24-9-8-13-4-2-3-5-16(13)22)25-10-11-26-19(27)17-14-6-7-15(12-14)18(17)20(26)28;/h2-7,14-15,17-18H,8-12H2,1H3,(H2,23,24,25);1H. The molecule has 0 spiro atoms. The number of hydrogen-bond donors (Lipinski definition) is 2. The molecular weight excluding hydrogens is 503 g/mol. The molecule has 29 heavy (non-hydrogen) atoms. The number of likely N-dealkylation sites (tertiary alicyclic amines) is 1. The Morgan fingerprint density at radius 1 is 1.10 bits per heavy atom. The van der Waals surface area contributed by atoms with Gasteiger partial charge in [-0.1, -0.05) is 42.0 Å². The van der Waals surface area contributed by atoms with Crippen molar-refractivity contribution in [1.29, 1.82) is 0 Å². The van der Waals surface area contributed by atoms with Gasteiger partial charge in [0.25, 0.3) is 0 Å². The summed E-state index contributed by atoms with van der Waals surface area (Å²) in [5.74, 6) is 0.886. The van der Waals surface area contributed by atoms with Crippen LogP contribution in [0.2, 0.25) is 5.02 Å². The number of amides is 2. The van der Waals surface area contributed by atoms with Crippen molar-refractivity contribution in [2.45, 2.75) is 12.8 Å². The van der Waals surface area contributed by atoms with E-state index in [0.717, 1.165) is 23.4 Å². The highest BCUT2D eigenvalue weighted by molar-refractivity contribution is 14.0. The zero-order chi connectivity index (χ0) is 19.7. The Morgan fingerprint density at radius 3 is 2.34 bits per heavy atom. The van der Waals surface area contributed by atoms with Crippen molar-refractivity contribution >= 4 is 53.4 Å². The summed E-state index contributed by atoms with van der Waals surface area (Å²) in [7, 11) is 1.70. The molecule has 0 aromatic heterocycles. The number of halogens is 2. The lowest BCUT2D eigenvalue weighted by atomic mass is 9.85. The second-order valence-electron chi connectivity index (χ2n) is 7.60. The highest BCUT2D eigenvalue weighted by atomic mass is 127. The van der Waals surface area contributed by atoms with Crippen LogP contribution in [0.15, 0.2) is 41.4 Å². The largest absolute Gasteiger partial charge is 0.356 e. The smallest absolute Gasteiger partial charge is 0.233 e. The van der Waals surface area contributed by atoms with Gasteiger partial charge < -0.3 is 10.6 Å². The van der Waals surface area contributed by atoms with Crippen LogP contribution in [0.25, 0.3) is 0 Å². The number of carbonyl (C=O) groups excluding carboxylic acids is 2. The first-order valence-electron chi connectivity index (χ1n) is 9.81. The number of hydrogen-bond acceptors (Lipinski definition) is 3. The summed E-state index contributed by atoms with van der Waals surface area (Å²) in [6, 6.07) is 7.76. The molecule has 2 N–H and O–H groups in total. The van der Waals surface area contributed by atoms with Crippen LogP contribution in [0, 0.1) is 23.7 Å². The fraction of sp³-hybridized carbons (Fsp3) is 0.476. The lowest BCUT2D eigenvalue weighted by Gasteiger charge is -2.18. The van der Waals surface area contributed by atoms with Gasteiger partial charge in [-0.25, -0.2) is 0 Å². The number of fused-ring (bicyclic) bond motifs is 5. The molecule has 4 unspecified atom stereocenters. The minimum atomic E-state index is -0.129. The third kappa shape index (κ3) is 4.30. The van der Waals surface area contributed by atoms with E-state index < -0.39 is 0 Å². The molecule has 1 saturated carbocycles. The minimum Gasteiger partial charge on any atom is -0.356 e.